The summed E-state index contributed by atoms with van der Waals surface area (Å²) in [7, 11) is 0. The van der Waals surface area contributed by atoms with Gasteiger partial charge < -0.3 is 10.6 Å². The van der Waals surface area contributed by atoms with Crippen molar-refractivity contribution < 1.29 is 4.79 Å². The molecule has 5 heteroatoms. The van der Waals surface area contributed by atoms with Gasteiger partial charge in [-0.25, -0.2) is 4.68 Å². The van der Waals surface area contributed by atoms with E-state index in [1.165, 1.54) is 0 Å². The molecule has 0 saturated carbocycles. The van der Waals surface area contributed by atoms with Gasteiger partial charge in [0, 0.05) is 18.9 Å². The molecule has 1 saturated heterocycles. The van der Waals surface area contributed by atoms with Gasteiger partial charge in [0.1, 0.15) is 0 Å². The van der Waals surface area contributed by atoms with Gasteiger partial charge in [-0.1, -0.05) is 18.2 Å². The van der Waals surface area contributed by atoms with Gasteiger partial charge in [-0.05, 0) is 50.4 Å². The number of para-hydroxylation sites is 1. The molecule has 0 aliphatic carbocycles. The number of hydrogen-bond acceptors (Lipinski definition) is 3. The van der Waals surface area contributed by atoms with E-state index in [0.717, 1.165) is 37.1 Å². The molecule has 1 aliphatic heterocycles. The molecular weight excluding hydrogens is 276 g/mol. The second-order valence-electron chi connectivity index (χ2n) is 5.98. The fraction of sp³-hybridized carbons (Fsp3) is 0.412. The molecule has 0 radical (unpaired) electrons. The Balaban J connectivity index is 1.70. The van der Waals surface area contributed by atoms with Crippen molar-refractivity contribution >= 4 is 5.91 Å². The number of benzene rings is 1. The first kappa shape index (κ1) is 14.8. The van der Waals surface area contributed by atoms with Gasteiger partial charge in [0.25, 0.3) is 0 Å². The molecule has 1 amide bonds. The molecule has 116 valence electrons. The van der Waals surface area contributed by atoms with Crippen molar-refractivity contribution in [3.8, 4) is 5.69 Å². The van der Waals surface area contributed by atoms with E-state index in [4.69, 9.17) is 0 Å². The van der Waals surface area contributed by atoms with E-state index in [1.807, 2.05) is 48.1 Å². The third-order valence-corrected chi connectivity index (χ3v) is 4.30. The van der Waals surface area contributed by atoms with Crippen LogP contribution in [0, 0.1) is 0 Å². The van der Waals surface area contributed by atoms with E-state index in [1.54, 1.807) is 6.20 Å². The Morgan fingerprint density at radius 1 is 1.36 bits per heavy atom. The second kappa shape index (κ2) is 6.32. The first-order valence-corrected chi connectivity index (χ1v) is 7.80. The average molecular weight is 298 g/mol. The van der Waals surface area contributed by atoms with E-state index in [-0.39, 0.29) is 5.91 Å². The van der Waals surface area contributed by atoms with E-state index in [0.29, 0.717) is 6.54 Å². The number of amides is 1. The highest BCUT2D eigenvalue weighted by atomic mass is 16.2. The Hall–Kier alpha value is -2.14. The summed E-state index contributed by atoms with van der Waals surface area (Å²) in [5, 5.41) is 10.7. The van der Waals surface area contributed by atoms with Crippen LogP contribution in [0.4, 0.5) is 0 Å². The first-order chi connectivity index (χ1) is 10.7. The van der Waals surface area contributed by atoms with Crippen LogP contribution in [0.1, 0.15) is 31.7 Å². The number of carbonyl (C=O) groups excluding carboxylic acids is 1. The molecule has 1 aromatic heterocycles. The molecule has 1 aromatic carbocycles. The number of nitrogens with zero attached hydrogens (tertiary/aromatic N) is 2. The predicted molar refractivity (Wildman–Crippen MR) is 85.7 cm³/mol. The first-order valence-electron chi connectivity index (χ1n) is 7.80. The Morgan fingerprint density at radius 3 is 2.95 bits per heavy atom. The molecule has 2 N–H and O–H groups in total. The molecule has 2 heterocycles. The third-order valence-electron chi connectivity index (χ3n) is 4.30. The van der Waals surface area contributed by atoms with E-state index in [9.17, 15) is 4.79 Å². The minimum absolute atomic E-state index is 0.0717. The summed E-state index contributed by atoms with van der Waals surface area (Å²) in [5.41, 5.74) is 1.60. The van der Waals surface area contributed by atoms with Crippen molar-refractivity contribution in [2.75, 3.05) is 6.54 Å². The van der Waals surface area contributed by atoms with Gasteiger partial charge in [-0.15, -0.1) is 0 Å². The van der Waals surface area contributed by atoms with Crippen molar-refractivity contribution in [1.82, 2.24) is 20.4 Å². The standard InChI is InChI=1S/C17H22N4O/c1-17(9-4-5-10-19-17)16(22)18-13-14-7-2-3-8-15(14)21-12-6-11-20-21/h2-3,6-8,11-12,19H,4-5,9-10,13H2,1H3,(H,18,22). The highest BCUT2D eigenvalue weighted by Crippen LogP contribution is 2.19. The monoisotopic (exact) mass is 298 g/mol. The van der Waals surface area contributed by atoms with Gasteiger partial charge in [0.2, 0.25) is 5.91 Å². The van der Waals surface area contributed by atoms with Crippen LogP contribution >= 0.6 is 0 Å². The lowest BCUT2D eigenvalue weighted by Gasteiger charge is -2.33. The number of carbonyl (C=O) groups is 1. The minimum Gasteiger partial charge on any atom is -0.350 e. The number of nitrogens with one attached hydrogen (secondary N) is 2. The summed E-state index contributed by atoms with van der Waals surface area (Å²) in [5.74, 6) is 0.0717. The summed E-state index contributed by atoms with van der Waals surface area (Å²) in [6.45, 7) is 3.40. The maximum atomic E-state index is 12.5. The summed E-state index contributed by atoms with van der Waals surface area (Å²) in [6.07, 6.45) is 6.79. The van der Waals surface area contributed by atoms with Gasteiger partial charge >= 0.3 is 0 Å². The van der Waals surface area contributed by atoms with Crippen molar-refractivity contribution in [2.45, 2.75) is 38.3 Å². The molecule has 2 aromatic rings. The van der Waals surface area contributed by atoms with Gasteiger partial charge in [0.05, 0.1) is 11.2 Å². The fourth-order valence-electron chi connectivity index (χ4n) is 2.92. The Bertz CT molecular complexity index is 630. The Kier molecular flexibility index (Phi) is 4.24. The molecule has 1 unspecified atom stereocenters. The van der Waals surface area contributed by atoms with Crippen LogP contribution in [0.15, 0.2) is 42.7 Å². The van der Waals surface area contributed by atoms with Crippen molar-refractivity contribution in [1.29, 1.82) is 0 Å². The van der Waals surface area contributed by atoms with Gasteiger partial charge in [-0.2, -0.15) is 5.10 Å². The molecule has 22 heavy (non-hydrogen) atoms. The Morgan fingerprint density at radius 2 is 2.23 bits per heavy atom. The largest absolute Gasteiger partial charge is 0.350 e. The Labute approximate surface area is 130 Å². The average Bonchev–Trinajstić information content (AvgIpc) is 3.08. The number of piperidine rings is 1. The van der Waals surface area contributed by atoms with Gasteiger partial charge in [0.15, 0.2) is 0 Å². The molecule has 1 atom stereocenters. The number of rotatable bonds is 4. The summed E-state index contributed by atoms with van der Waals surface area (Å²) < 4.78 is 1.82. The minimum atomic E-state index is -0.446. The van der Waals surface area contributed by atoms with E-state index in [2.05, 4.69) is 15.7 Å². The van der Waals surface area contributed by atoms with Crippen LogP contribution in [0.5, 0.6) is 0 Å². The van der Waals surface area contributed by atoms with Crippen molar-refractivity contribution in [2.24, 2.45) is 0 Å². The topological polar surface area (TPSA) is 59.0 Å². The summed E-state index contributed by atoms with van der Waals surface area (Å²) in [6, 6.07) is 9.88. The normalized spacial score (nSPS) is 21.5. The molecule has 3 rings (SSSR count). The smallest absolute Gasteiger partial charge is 0.240 e. The third kappa shape index (κ3) is 3.04. The van der Waals surface area contributed by atoms with Crippen LogP contribution in [0.25, 0.3) is 5.69 Å². The number of hydrogen-bond donors (Lipinski definition) is 2. The lowest BCUT2D eigenvalue weighted by atomic mass is 9.90. The molecule has 1 fully saturated rings. The van der Waals surface area contributed by atoms with E-state index < -0.39 is 5.54 Å². The molecular formula is C17H22N4O. The highest BCUT2D eigenvalue weighted by molar-refractivity contribution is 5.86. The maximum Gasteiger partial charge on any atom is 0.240 e. The van der Waals surface area contributed by atoms with Crippen LogP contribution in [0.3, 0.4) is 0 Å². The quantitative estimate of drug-likeness (QED) is 0.908. The second-order valence-corrected chi connectivity index (χ2v) is 5.98. The van der Waals surface area contributed by atoms with Crippen molar-refractivity contribution in [3.05, 3.63) is 48.3 Å². The van der Waals surface area contributed by atoms with Crippen LogP contribution in [-0.4, -0.2) is 27.8 Å². The molecule has 0 bridgehead atoms. The van der Waals surface area contributed by atoms with Gasteiger partial charge in [-0.3, -0.25) is 4.79 Å². The summed E-state index contributed by atoms with van der Waals surface area (Å²) in [4.78, 5) is 12.5. The zero-order valence-electron chi connectivity index (χ0n) is 12.9. The number of aromatic nitrogens is 2. The van der Waals surface area contributed by atoms with Crippen LogP contribution in [0.2, 0.25) is 0 Å². The van der Waals surface area contributed by atoms with Crippen molar-refractivity contribution in [3.63, 3.8) is 0 Å². The molecule has 1 aliphatic rings. The SMILES string of the molecule is CC1(C(=O)NCc2ccccc2-n2cccn2)CCCCN1. The molecule has 0 spiro atoms. The van der Waals surface area contributed by atoms with Crippen LogP contribution < -0.4 is 10.6 Å². The fourth-order valence-corrected chi connectivity index (χ4v) is 2.92. The highest BCUT2D eigenvalue weighted by Gasteiger charge is 2.33. The predicted octanol–water partition coefficient (Wildman–Crippen LogP) is 2.02. The lowest BCUT2D eigenvalue weighted by Crippen LogP contribution is -2.56. The molecule has 5 nitrogen and oxygen atoms in total. The summed E-state index contributed by atoms with van der Waals surface area (Å²) >= 11 is 0. The lowest BCUT2D eigenvalue weighted by molar-refractivity contribution is -0.128. The maximum absolute atomic E-state index is 12.5. The van der Waals surface area contributed by atoms with Crippen LogP contribution in [-0.2, 0) is 11.3 Å². The zero-order valence-corrected chi connectivity index (χ0v) is 12.9. The zero-order chi connectivity index (χ0) is 15.4. The van der Waals surface area contributed by atoms with E-state index >= 15 is 0 Å².